The average molecular weight is 352 g/mol. The van der Waals surface area contributed by atoms with Crippen LogP contribution >= 0.6 is 50.2 Å². The summed E-state index contributed by atoms with van der Waals surface area (Å²) in [4.78, 5) is 5.57. The lowest BCUT2D eigenvalue weighted by Crippen LogP contribution is -2.28. The van der Waals surface area contributed by atoms with E-state index in [9.17, 15) is 0 Å². The zero-order chi connectivity index (χ0) is 12.4. The number of rotatable bonds is 4. The number of aromatic nitrogens is 1. The molecule has 0 fully saturated rings. The molecule has 2 nitrogen and oxygen atoms in total. The van der Waals surface area contributed by atoms with Crippen molar-refractivity contribution in [3.63, 3.8) is 0 Å². The molecule has 0 radical (unpaired) electrons. The standard InChI is InChI=1S/C11H12BrClN2S2/c1-6(2)15-9(11-14-3-4-16-11)8-5-7(12)10(13)17-8/h3-6,9,15H,1-2H3. The molecule has 92 valence electrons. The summed E-state index contributed by atoms with van der Waals surface area (Å²) in [5, 5.41) is 6.59. The van der Waals surface area contributed by atoms with E-state index in [-0.39, 0.29) is 6.04 Å². The molecular formula is C11H12BrClN2S2. The first-order valence-electron chi connectivity index (χ1n) is 5.18. The van der Waals surface area contributed by atoms with Crippen LogP contribution < -0.4 is 5.32 Å². The van der Waals surface area contributed by atoms with Crippen LogP contribution in [0.3, 0.4) is 0 Å². The van der Waals surface area contributed by atoms with Crippen LogP contribution in [0.25, 0.3) is 0 Å². The molecule has 1 atom stereocenters. The largest absolute Gasteiger partial charge is 0.301 e. The zero-order valence-corrected chi connectivity index (χ0v) is 13.4. The first-order chi connectivity index (χ1) is 8.08. The number of hydrogen-bond donors (Lipinski definition) is 1. The molecule has 0 saturated heterocycles. The van der Waals surface area contributed by atoms with Gasteiger partial charge in [0.1, 0.15) is 9.34 Å². The van der Waals surface area contributed by atoms with Gasteiger partial charge in [0.2, 0.25) is 0 Å². The summed E-state index contributed by atoms with van der Waals surface area (Å²) in [5.74, 6) is 0. The molecule has 0 saturated carbocycles. The molecule has 2 aromatic rings. The summed E-state index contributed by atoms with van der Waals surface area (Å²) < 4.78 is 1.73. The third kappa shape index (κ3) is 3.29. The van der Waals surface area contributed by atoms with Crippen molar-refractivity contribution in [3.8, 4) is 0 Å². The Bertz CT molecular complexity index is 462. The quantitative estimate of drug-likeness (QED) is 0.863. The number of thiazole rings is 1. The molecule has 0 bridgehead atoms. The highest BCUT2D eigenvalue weighted by Gasteiger charge is 2.20. The van der Waals surface area contributed by atoms with Crippen LogP contribution in [0.4, 0.5) is 0 Å². The summed E-state index contributed by atoms with van der Waals surface area (Å²) >= 11 is 12.8. The first kappa shape index (κ1) is 13.5. The predicted molar refractivity (Wildman–Crippen MR) is 79.3 cm³/mol. The lowest BCUT2D eigenvalue weighted by Gasteiger charge is -2.17. The summed E-state index contributed by atoms with van der Waals surface area (Å²) in [6.07, 6.45) is 1.83. The highest BCUT2D eigenvalue weighted by atomic mass is 79.9. The monoisotopic (exact) mass is 350 g/mol. The van der Waals surface area contributed by atoms with Gasteiger partial charge in [-0.15, -0.1) is 22.7 Å². The smallest absolute Gasteiger partial charge is 0.115 e. The Morgan fingerprint density at radius 2 is 2.24 bits per heavy atom. The van der Waals surface area contributed by atoms with Crippen LogP contribution in [-0.2, 0) is 0 Å². The van der Waals surface area contributed by atoms with Gasteiger partial charge < -0.3 is 5.32 Å². The number of nitrogens with zero attached hydrogens (tertiary/aromatic N) is 1. The van der Waals surface area contributed by atoms with Crippen LogP contribution in [0.1, 0.15) is 29.8 Å². The summed E-state index contributed by atoms with van der Waals surface area (Å²) in [5.41, 5.74) is 0. The second-order valence-electron chi connectivity index (χ2n) is 3.90. The minimum atomic E-state index is 0.129. The molecule has 0 aliphatic heterocycles. The molecule has 17 heavy (non-hydrogen) atoms. The molecule has 6 heteroatoms. The molecule has 0 spiro atoms. The van der Waals surface area contributed by atoms with Gasteiger partial charge in [-0.3, -0.25) is 0 Å². The Kier molecular flexibility index (Phi) is 4.60. The van der Waals surface area contributed by atoms with Gasteiger partial charge >= 0.3 is 0 Å². The van der Waals surface area contributed by atoms with Gasteiger partial charge in [-0.2, -0.15) is 0 Å². The van der Waals surface area contributed by atoms with E-state index in [0.29, 0.717) is 6.04 Å². The van der Waals surface area contributed by atoms with Crippen molar-refractivity contribution in [3.05, 3.63) is 36.3 Å². The van der Waals surface area contributed by atoms with E-state index in [0.717, 1.165) is 13.8 Å². The fourth-order valence-electron chi connectivity index (χ4n) is 1.49. The van der Waals surface area contributed by atoms with Crippen molar-refractivity contribution in [1.82, 2.24) is 10.3 Å². The summed E-state index contributed by atoms with van der Waals surface area (Å²) in [6.45, 7) is 4.26. The molecule has 1 N–H and O–H groups in total. The van der Waals surface area contributed by atoms with Crippen LogP contribution in [0.15, 0.2) is 22.1 Å². The van der Waals surface area contributed by atoms with Crippen LogP contribution in [-0.4, -0.2) is 11.0 Å². The maximum Gasteiger partial charge on any atom is 0.115 e. The Balaban J connectivity index is 2.33. The van der Waals surface area contributed by atoms with Crippen LogP contribution in [0.2, 0.25) is 4.34 Å². The van der Waals surface area contributed by atoms with Crippen molar-refractivity contribution >= 4 is 50.2 Å². The minimum Gasteiger partial charge on any atom is -0.301 e. The van der Waals surface area contributed by atoms with E-state index < -0.39 is 0 Å². The maximum absolute atomic E-state index is 6.10. The molecule has 2 rings (SSSR count). The highest BCUT2D eigenvalue weighted by molar-refractivity contribution is 9.10. The number of thiophene rings is 1. The molecule has 0 aliphatic rings. The minimum absolute atomic E-state index is 0.129. The summed E-state index contributed by atoms with van der Waals surface area (Å²) in [6, 6.07) is 2.58. The Morgan fingerprint density at radius 1 is 1.47 bits per heavy atom. The van der Waals surface area contributed by atoms with Gasteiger partial charge in [0.25, 0.3) is 0 Å². The molecule has 0 aliphatic carbocycles. The normalized spacial score (nSPS) is 13.2. The van der Waals surface area contributed by atoms with E-state index in [2.05, 4.69) is 46.1 Å². The van der Waals surface area contributed by atoms with E-state index >= 15 is 0 Å². The third-order valence-corrected chi connectivity index (χ3v) is 5.53. The molecule has 2 heterocycles. The van der Waals surface area contributed by atoms with Crippen LogP contribution in [0.5, 0.6) is 0 Å². The average Bonchev–Trinajstić information content (AvgIpc) is 2.86. The summed E-state index contributed by atoms with van der Waals surface area (Å²) in [7, 11) is 0. The van der Waals surface area contributed by atoms with Gasteiger partial charge in [-0.25, -0.2) is 4.98 Å². The van der Waals surface area contributed by atoms with Crippen molar-refractivity contribution in [1.29, 1.82) is 0 Å². The third-order valence-electron chi connectivity index (χ3n) is 2.15. The first-order valence-corrected chi connectivity index (χ1v) is 8.05. The topological polar surface area (TPSA) is 24.9 Å². The Hall–Kier alpha value is 0.0600. The molecule has 0 amide bonds. The van der Waals surface area contributed by atoms with Crippen molar-refractivity contribution in [2.45, 2.75) is 25.9 Å². The number of nitrogens with one attached hydrogen (secondary N) is 1. The predicted octanol–water partition coefficient (Wildman–Crippen LogP) is 4.71. The van der Waals surface area contributed by atoms with Gasteiger partial charge in [0.15, 0.2) is 0 Å². The fourth-order valence-corrected chi connectivity index (χ4v) is 4.08. The van der Waals surface area contributed by atoms with Gasteiger partial charge in [0.05, 0.1) is 6.04 Å². The van der Waals surface area contributed by atoms with Crippen LogP contribution in [0, 0.1) is 0 Å². The number of hydrogen-bond acceptors (Lipinski definition) is 4. The van der Waals surface area contributed by atoms with Gasteiger partial charge in [-0.1, -0.05) is 11.6 Å². The molecular weight excluding hydrogens is 340 g/mol. The van der Waals surface area contributed by atoms with E-state index in [4.69, 9.17) is 11.6 Å². The van der Waals surface area contributed by atoms with E-state index in [1.54, 1.807) is 22.7 Å². The van der Waals surface area contributed by atoms with Gasteiger partial charge in [0, 0.05) is 27.0 Å². The second-order valence-corrected chi connectivity index (χ2v) is 7.36. The molecule has 1 unspecified atom stereocenters. The van der Waals surface area contributed by atoms with Crippen molar-refractivity contribution in [2.24, 2.45) is 0 Å². The fraction of sp³-hybridized carbons (Fsp3) is 0.364. The molecule has 2 aromatic heterocycles. The second kappa shape index (κ2) is 5.80. The Labute approximate surface area is 122 Å². The SMILES string of the molecule is CC(C)NC(c1cc(Br)c(Cl)s1)c1nccs1. The van der Waals surface area contributed by atoms with E-state index in [1.165, 1.54) is 4.88 Å². The number of halogens is 2. The van der Waals surface area contributed by atoms with Crippen molar-refractivity contribution in [2.75, 3.05) is 0 Å². The Morgan fingerprint density at radius 3 is 2.71 bits per heavy atom. The zero-order valence-electron chi connectivity index (χ0n) is 9.41. The lowest BCUT2D eigenvalue weighted by atomic mass is 10.2. The maximum atomic E-state index is 6.10. The highest BCUT2D eigenvalue weighted by Crippen LogP contribution is 2.37. The van der Waals surface area contributed by atoms with Gasteiger partial charge in [-0.05, 0) is 35.8 Å². The van der Waals surface area contributed by atoms with E-state index in [1.807, 2.05) is 11.6 Å². The molecule has 0 aromatic carbocycles. The van der Waals surface area contributed by atoms with Crippen molar-refractivity contribution < 1.29 is 0 Å². The lowest BCUT2D eigenvalue weighted by molar-refractivity contribution is 0.532.